The molecule has 2 aromatic heterocycles. The minimum Gasteiger partial charge on any atom is -0.368 e. The smallest absolute Gasteiger partial charge is 0.220 e. The summed E-state index contributed by atoms with van der Waals surface area (Å²) in [6, 6.07) is 0. The second-order valence-electron chi connectivity index (χ2n) is 4.61. The molecule has 0 spiro atoms. The van der Waals surface area contributed by atoms with E-state index < -0.39 is 0 Å². The predicted molar refractivity (Wildman–Crippen MR) is 70.7 cm³/mol. The molecule has 0 radical (unpaired) electrons. The van der Waals surface area contributed by atoms with Crippen LogP contribution in [0.2, 0.25) is 0 Å². The average molecular weight is 257 g/mol. The molecule has 1 aliphatic rings. The van der Waals surface area contributed by atoms with Gasteiger partial charge in [0.1, 0.15) is 0 Å². The standard InChI is InChI=1S/C12H15N7/c13-11-15-3-8(4-16-11)6-19-2-1-10-9(7-19)5-17-12(14)18-10/h3-5H,1-2,6-7H2,(H2,13,15,16)(H2,14,17,18). The quantitative estimate of drug-likeness (QED) is 0.779. The number of hydrogen-bond donors (Lipinski definition) is 2. The maximum atomic E-state index is 5.59. The number of anilines is 2. The van der Waals surface area contributed by atoms with Crippen LogP contribution < -0.4 is 11.5 Å². The molecule has 0 fully saturated rings. The molecule has 0 aromatic carbocycles. The highest BCUT2D eigenvalue weighted by molar-refractivity contribution is 5.27. The van der Waals surface area contributed by atoms with Crippen molar-refractivity contribution in [2.75, 3.05) is 18.0 Å². The summed E-state index contributed by atoms with van der Waals surface area (Å²) in [6.07, 6.45) is 6.22. The zero-order chi connectivity index (χ0) is 13.2. The van der Waals surface area contributed by atoms with Gasteiger partial charge in [0.25, 0.3) is 0 Å². The van der Waals surface area contributed by atoms with Crippen LogP contribution in [0.1, 0.15) is 16.8 Å². The molecule has 3 rings (SSSR count). The minimum absolute atomic E-state index is 0.302. The van der Waals surface area contributed by atoms with Crippen molar-refractivity contribution < 1.29 is 0 Å². The minimum atomic E-state index is 0.302. The molecule has 0 saturated heterocycles. The van der Waals surface area contributed by atoms with Crippen LogP contribution in [0.15, 0.2) is 18.6 Å². The van der Waals surface area contributed by atoms with Gasteiger partial charge in [-0.3, -0.25) is 4.90 Å². The second-order valence-corrected chi connectivity index (χ2v) is 4.61. The fraction of sp³-hybridized carbons (Fsp3) is 0.333. The molecule has 7 heteroatoms. The third-order valence-electron chi connectivity index (χ3n) is 3.16. The summed E-state index contributed by atoms with van der Waals surface area (Å²) in [4.78, 5) is 18.6. The second kappa shape index (κ2) is 4.77. The lowest BCUT2D eigenvalue weighted by atomic mass is 10.1. The van der Waals surface area contributed by atoms with Crippen molar-refractivity contribution in [1.29, 1.82) is 0 Å². The number of nitrogen functional groups attached to an aromatic ring is 2. The summed E-state index contributed by atoms with van der Waals surface area (Å²) in [6.45, 7) is 2.55. The van der Waals surface area contributed by atoms with E-state index in [2.05, 4.69) is 24.8 Å². The van der Waals surface area contributed by atoms with Crippen molar-refractivity contribution in [3.05, 3.63) is 35.4 Å². The molecule has 0 saturated carbocycles. The number of nitrogens with zero attached hydrogens (tertiary/aromatic N) is 5. The number of nitrogens with two attached hydrogens (primary N) is 2. The molecule has 7 nitrogen and oxygen atoms in total. The van der Waals surface area contributed by atoms with E-state index in [-0.39, 0.29) is 0 Å². The summed E-state index contributed by atoms with van der Waals surface area (Å²) >= 11 is 0. The Morgan fingerprint density at radius 2 is 1.79 bits per heavy atom. The van der Waals surface area contributed by atoms with E-state index in [9.17, 15) is 0 Å². The number of fused-ring (bicyclic) bond motifs is 1. The van der Waals surface area contributed by atoms with Crippen molar-refractivity contribution in [3.63, 3.8) is 0 Å². The van der Waals surface area contributed by atoms with Crippen LogP contribution in [-0.2, 0) is 19.5 Å². The third-order valence-corrected chi connectivity index (χ3v) is 3.16. The van der Waals surface area contributed by atoms with E-state index in [0.717, 1.165) is 42.9 Å². The maximum absolute atomic E-state index is 5.59. The molecule has 0 bridgehead atoms. The van der Waals surface area contributed by atoms with Crippen LogP contribution in [0.5, 0.6) is 0 Å². The Morgan fingerprint density at radius 1 is 1.05 bits per heavy atom. The lowest BCUT2D eigenvalue weighted by Gasteiger charge is -2.27. The Kier molecular flexibility index (Phi) is 2.96. The lowest BCUT2D eigenvalue weighted by Crippen LogP contribution is -2.31. The first-order chi connectivity index (χ1) is 9.20. The molecule has 0 aliphatic carbocycles. The van der Waals surface area contributed by atoms with Gasteiger partial charge in [-0.2, -0.15) is 0 Å². The molecular formula is C12H15N7. The molecule has 0 atom stereocenters. The molecule has 1 aliphatic heterocycles. The van der Waals surface area contributed by atoms with Gasteiger partial charge in [0.15, 0.2) is 0 Å². The van der Waals surface area contributed by atoms with Crippen molar-refractivity contribution in [2.24, 2.45) is 0 Å². The maximum Gasteiger partial charge on any atom is 0.220 e. The zero-order valence-corrected chi connectivity index (χ0v) is 10.5. The molecular weight excluding hydrogens is 242 g/mol. The van der Waals surface area contributed by atoms with Crippen LogP contribution in [0.25, 0.3) is 0 Å². The molecule has 0 amide bonds. The number of aromatic nitrogens is 4. The first kappa shape index (κ1) is 11.8. The van der Waals surface area contributed by atoms with E-state index in [0.29, 0.717) is 11.9 Å². The number of hydrogen-bond acceptors (Lipinski definition) is 7. The molecule has 19 heavy (non-hydrogen) atoms. The van der Waals surface area contributed by atoms with Gasteiger partial charge in [0, 0.05) is 55.8 Å². The molecule has 0 unspecified atom stereocenters. The van der Waals surface area contributed by atoms with Gasteiger partial charge < -0.3 is 11.5 Å². The summed E-state index contributed by atoms with van der Waals surface area (Å²) in [5.74, 6) is 0.649. The van der Waals surface area contributed by atoms with Crippen molar-refractivity contribution in [1.82, 2.24) is 24.8 Å². The van der Waals surface area contributed by atoms with Crippen LogP contribution in [0.3, 0.4) is 0 Å². The summed E-state index contributed by atoms with van der Waals surface area (Å²) < 4.78 is 0. The third kappa shape index (κ3) is 2.60. The highest BCUT2D eigenvalue weighted by atomic mass is 15.1. The van der Waals surface area contributed by atoms with Crippen LogP contribution >= 0.6 is 0 Å². The Labute approximate surface area is 110 Å². The summed E-state index contributed by atoms with van der Waals surface area (Å²) in [5.41, 5.74) is 14.3. The molecule has 3 heterocycles. The van der Waals surface area contributed by atoms with E-state index in [1.165, 1.54) is 0 Å². The van der Waals surface area contributed by atoms with Gasteiger partial charge in [-0.1, -0.05) is 0 Å². The van der Waals surface area contributed by atoms with Crippen molar-refractivity contribution in [2.45, 2.75) is 19.5 Å². The van der Waals surface area contributed by atoms with Gasteiger partial charge in [0.05, 0.1) is 5.69 Å². The molecule has 98 valence electrons. The fourth-order valence-electron chi connectivity index (χ4n) is 2.23. The van der Waals surface area contributed by atoms with Gasteiger partial charge in [-0.05, 0) is 0 Å². The zero-order valence-electron chi connectivity index (χ0n) is 10.5. The Morgan fingerprint density at radius 3 is 2.58 bits per heavy atom. The summed E-state index contributed by atoms with van der Waals surface area (Å²) in [5, 5.41) is 0. The molecule has 2 aromatic rings. The van der Waals surface area contributed by atoms with Crippen molar-refractivity contribution >= 4 is 11.9 Å². The monoisotopic (exact) mass is 257 g/mol. The SMILES string of the molecule is Nc1ncc(CN2CCc3nc(N)ncc3C2)cn1. The van der Waals surface area contributed by atoms with Crippen LogP contribution in [0.4, 0.5) is 11.9 Å². The van der Waals surface area contributed by atoms with Crippen LogP contribution in [-0.4, -0.2) is 31.4 Å². The Bertz CT molecular complexity index is 581. The number of rotatable bonds is 2. The Balaban J connectivity index is 1.72. The van der Waals surface area contributed by atoms with Crippen LogP contribution in [0, 0.1) is 0 Å². The lowest BCUT2D eigenvalue weighted by molar-refractivity contribution is 0.242. The topological polar surface area (TPSA) is 107 Å². The normalized spacial score (nSPS) is 15.2. The van der Waals surface area contributed by atoms with Gasteiger partial charge >= 0.3 is 0 Å². The van der Waals surface area contributed by atoms with Gasteiger partial charge in [0.2, 0.25) is 11.9 Å². The van der Waals surface area contributed by atoms with Crippen molar-refractivity contribution in [3.8, 4) is 0 Å². The highest BCUT2D eigenvalue weighted by Gasteiger charge is 2.18. The van der Waals surface area contributed by atoms with Gasteiger partial charge in [-0.25, -0.2) is 19.9 Å². The Hall–Kier alpha value is -2.28. The van der Waals surface area contributed by atoms with E-state index >= 15 is 0 Å². The highest BCUT2D eigenvalue weighted by Crippen LogP contribution is 2.18. The first-order valence-corrected chi connectivity index (χ1v) is 6.10. The predicted octanol–water partition coefficient (Wildman–Crippen LogP) is -0.0107. The molecule has 4 N–H and O–H groups in total. The van der Waals surface area contributed by atoms with E-state index in [1.54, 1.807) is 12.4 Å². The van der Waals surface area contributed by atoms with E-state index in [4.69, 9.17) is 11.5 Å². The fourth-order valence-corrected chi connectivity index (χ4v) is 2.23. The summed E-state index contributed by atoms with van der Waals surface area (Å²) in [7, 11) is 0. The van der Waals surface area contributed by atoms with Gasteiger partial charge in [-0.15, -0.1) is 0 Å². The van der Waals surface area contributed by atoms with E-state index in [1.807, 2.05) is 6.20 Å². The average Bonchev–Trinajstić information content (AvgIpc) is 2.42. The first-order valence-electron chi connectivity index (χ1n) is 6.10. The largest absolute Gasteiger partial charge is 0.368 e.